The van der Waals surface area contributed by atoms with Gasteiger partial charge in [-0.05, 0) is 53.4 Å². The van der Waals surface area contributed by atoms with Gasteiger partial charge in [0.1, 0.15) is 6.61 Å². The first kappa shape index (κ1) is 24.8. The standard InChI is InChI=1S/C28H34N2O5/c1-17(2)19(14-26(31)30-20-12-11-18(13-20)27(32)33)15-29-28(34)35-16-25-23-9-5-3-7-21(23)22-8-4-6-10-24(22)25/h3-10,17-20,25H,11-16H2,1-2H3,(H,29,34)(H,30,31)(H,32,33)/t18-,19?,20+/m1/s1. The summed E-state index contributed by atoms with van der Waals surface area (Å²) in [4.78, 5) is 36.2. The molecule has 0 radical (unpaired) electrons. The van der Waals surface area contributed by atoms with E-state index in [-0.39, 0.29) is 48.6 Å². The highest BCUT2D eigenvalue weighted by Crippen LogP contribution is 2.44. The van der Waals surface area contributed by atoms with Crippen LogP contribution in [-0.4, -0.2) is 42.3 Å². The van der Waals surface area contributed by atoms with E-state index in [1.807, 2.05) is 38.1 Å². The van der Waals surface area contributed by atoms with Crippen molar-refractivity contribution in [1.29, 1.82) is 0 Å². The van der Waals surface area contributed by atoms with Gasteiger partial charge in [-0.1, -0.05) is 62.4 Å². The zero-order chi connectivity index (χ0) is 24.9. The number of ether oxygens (including phenoxy) is 1. The van der Waals surface area contributed by atoms with E-state index < -0.39 is 12.1 Å². The number of nitrogens with one attached hydrogen (secondary N) is 2. The first-order valence-electron chi connectivity index (χ1n) is 12.4. The van der Waals surface area contributed by atoms with Crippen molar-refractivity contribution in [3.8, 4) is 11.1 Å². The number of amides is 2. The van der Waals surface area contributed by atoms with Crippen LogP contribution in [0, 0.1) is 17.8 Å². The van der Waals surface area contributed by atoms with Gasteiger partial charge in [-0.25, -0.2) is 4.79 Å². The van der Waals surface area contributed by atoms with Crippen molar-refractivity contribution in [3.63, 3.8) is 0 Å². The van der Waals surface area contributed by atoms with Crippen LogP contribution < -0.4 is 10.6 Å². The summed E-state index contributed by atoms with van der Waals surface area (Å²) >= 11 is 0. The summed E-state index contributed by atoms with van der Waals surface area (Å²) in [5.74, 6) is -1.14. The van der Waals surface area contributed by atoms with E-state index in [4.69, 9.17) is 9.84 Å². The molecule has 35 heavy (non-hydrogen) atoms. The Hall–Kier alpha value is -3.35. The van der Waals surface area contributed by atoms with E-state index in [2.05, 4.69) is 34.9 Å². The highest BCUT2D eigenvalue weighted by molar-refractivity contribution is 5.79. The van der Waals surface area contributed by atoms with E-state index in [0.29, 0.717) is 25.8 Å². The minimum absolute atomic E-state index is 0.000799. The summed E-state index contributed by atoms with van der Waals surface area (Å²) in [6, 6.07) is 16.3. The molecule has 0 spiro atoms. The number of carboxylic acid groups (broad SMARTS) is 1. The molecule has 3 N–H and O–H groups in total. The van der Waals surface area contributed by atoms with Gasteiger partial charge in [-0.2, -0.15) is 0 Å². The second kappa shape index (κ2) is 10.9. The average molecular weight is 479 g/mol. The molecule has 0 aromatic heterocycles. The maximum atomic E-state index is 12.6. The maximum absolute atomic E-state index is 12.6. The highest BCUT2D eigenvalue weighted by atomic mass is 16.5. The molecule has 1 fully saturated rings. The Morgan fingerprint density at radius 3 is 2.20 bits per heavy atom. The molecule has 186 valence electrons. The van der Waals surface area contributed by atoms with Gasteiger partial charge in [0.2, 0.25) is 5.91 Å². The molecule has 4 rings (SSSR count). The lowest BCUT2D eigenvalue weighted by Gasteiger charge is -2.22. The average Bonchev–Trinajstić information content (AvgIpc) is 3.43. The molecular formula is C28H34N2O5. The minimum atomic E-state index is -0.797. The normalized spacial score (nSPS) is 19.6. The summed E-state index contributed by atoms with van der Waals surface area (Å²) in [5.41, 5.74) is 4.69. The smallest absolute Gasteiger partial charge is 0.407 e. The fraction of sp³-hybridized carbons (Fsp3) is 0.464. The number of hydrogen-bond donors (Lipinski definition) is 3. The Labute approximate surface area is 206 Å². The van der Waals surface area contributed by atoms with Gasteiger partial charge in [-0.15, -0.1) is 0 Å². The molecular weight excluding hydrogens is 444 g/mol. The molecule has 1 saturated carbocycles. The van der Waals surface area contributed by atoms with Crippen LogP contribution in [0.4, 0.5) is 4.79 Å². The van der Waals surface area contributed by atoms with E-state index >= 15 is 0 Å². The molecule has 0 bridgehead atoms. The number of carboxylic acids is 1. The van der Waals surface area contributed by atoms with Gasteiger partial charge in [-0.3, -0.25) is 9.59 Å². The molecule has 2 aliphatic carbocycles. The van der Waals surface area contributed by atoms with E-state index in [1.165, 1.54) is 11.1 Å². The van der Waals surface area contributed by atoms with Crippen molar-refractivity contribution < 1.29 is 24.2 Å². The monoisotopic (exact) mass is 478 g/mol. The summed E-state index contributed by atoms with van der Waals surface area (Å²) < 4.78 is 5.61. The Morgan fingerprint density at radius 2 is 1.63 bits per heavy atom. The van der Waals surface area contributed by atoms with Crippen LogP contribution in [0.5, 0.6) is 0 Å². The first-order chi connectivity index (χ1) is 16.8. The molecule has 2 aromatic carbocycles. The number of benzene rings is 2. The molecule has 2 amide bonds. The Bertz CT molecular complexity index is 1040. The van der Waals surface area contributed by atoms with Gasteiger partial charge in [0.05, 0.1) is 5.92 Å². The van der Waals surface area contributed by atoms with Crippen molar-refractivity contribution >= 4 is 18.0 Å². The molecule has 7 heteroatoms. The van der Waals surface area contributed by atoms with Crippen LogP contribution in [0.1, 0.15) is 56.6 Å². The van der Waals surface area contributed by atoms with Crippen LogP contribution >= 0.6 is 0 Å². The molecule has 3 atom stereocenters. The quantitative estimate of drug-likeness (QED) is 0.490. The third-order valence-corrected chi connectivity index (χ3v) is 7.39. The lowest BCUT2D eigenvalue weighted by Crippen LogP contribution is -2.38. The topological polar surface area (TPSA) is 105 Å². The van der Waals surface area contributed by atoms with Crippen LogP contribution in [0.15, 0.2) is 48.5 Å². The zero-order valence-corrected chi connectivity index (χ0v) is 20.3. The molecule has 1 unspecified atom stereocenters. The Morgan fingerprint density at radius 1 is 1.00 bits per heavy atom. The number of carbonyl (C=O) groups is 3. The van der Waals surface area contributed by atoms with Crippen molar-refractivity contribution in [2.45, 2.75) is 51.5 Å². The van der Waals surface area contributed by atoms with Crippen molar-refractivity contribution in [2.24, 2.45) is 17.8 Å². The molecule has 0 heterocycles. The SMILES string of the molecule is CC(C)C(CNC(=O)OCC1c2ccccc2-c2ccccc21)CC(=O)N[C@H]1CC[C@@H](C(=O)O)C1. The fourth-order valence-corrected chi connectivity index (χ4v) is 5.27. The largest absolute Gasteiger partial charge is 0.481 e. The van der Waals surface area contributed by atoms with Gasteiger partial charge in [0.25, 0.3) is 0 Å². The molecule has 2 aromatic rings. The summed E-state index contributed by atoms with van der Waals surface area (Å²) in [6.45, 7) is 4.63. The van der Waals surface area contributed by atoms with Gasteiger partial charge in [0.15, 0.2) is 0 Å². The molecule has 0 aliphatic heterocycles. The number of fused-ring (bicyclic) bond motifs is 3. The molecule has 0 saturated heterocycles. The number of rotatable bonds is 9. The van der Waals surface area contributed by atoms with Gasteiger partial charge in [0, 0.05) is 24.9 Å². The fourth-order valence-electron chi connectivity index (χ4n) is 5.27. The van der Waals surface area contributed by atoms with E-state index in [1.54, 1.807) is 0 Å². The summed E-state index contributed by atoms with van der Waals surface area (Å²) in [6.07, 6.45) is 1.55. The number of aliphatic carboxylic acids is 1. The molecule has 7 nitrogen and oxygen atoms in total. The predicted octanol–water partition coefficient (Wildman–Crippen LogP) is 4.56. The van der Waals surface area contributed by atoms with E-state index in [9.17, 15) is 14.4 Å². The van der Waals surface area contributed by atoms with Crippen molar-refractivity contribution in [1.82, 2.24) is 10.6 Å². The third kappa shape index (κ3) is 5.84. The Balaban J connectivity index is 1.26. The van der Waals surface area contributed by atoms with Crippen LogP contribution in [-0.2, 0) is 14.3 Å². The second-order valence-electron chi connectivity index (χ2n) is 10.0. The summed E-state index contributed by atoms with van der Waals surface area (Å²) in [5, 5.41) is 15.0. The highest BCUT2D eigenvalue weighted by Gasteiger charge is 2.32. The van der Waals surface area contributed by atoms with Crippen LogP contribution in [0.3, 0.4) is 0 Å². The Kier molecular flexibility index (Phi) is 7.73. The van der Waals surface area contributed by atoms with E-state index in [0.717, 1.165) is 11.1 Å². The molecule has 2 aliphatic rings. The van der Waals surface area contributed by atoms with Crippen LogP contribution in [0.25, 0.3) is 11.1 Å². The first-order valence-corrected chi connectivity index (χ1v) is 12.4. The van der Waals surface area contributed by atoms with Gasteiger partial charge < -0.3 is 20.5 Å². The summed E-state index contributed by atoms with van der Waals surface area (Å²) in [7, 11) is 0. The van der Waals surface area contributed by atoms with Crippen molar-refractivity contribution in [2.75, 3.05) is 13.2 Å². The maximum Gasteiger partial charge on any atom is 0.407 e. The number of hydrogen-bond acceptors (Lipinski definition) is 4. The third-order valence-electron chi connectivity index (χ3n) is 7.39. The van der Waals surface area contributed by atoms with Gasteiger partial charge >= 0.3 is 12.1 Å². The lowest BCUT2D eigenvalue weighted by molar-refractivity contribution is -0.141. The minimum Gasteiger partial charge on any atom is -0.481 e. The number of alkyl carbamates (subject to hydrolysis) is 1. The zero-order valence-electron chi connectivity index (χ0n) is 20.3. The lowest BCUT2D eigenvalue weighted by atomic mass is 9.92. The number of carbonyl (C=O) groups excluding carboxylic acids is 2. The predicted molar refractivity (Wildman–Crippen MR) is 133 cm³/mol. The second-order valence-corrected chi connectivity index (χ2v) is 10.0. The van der Waals surface area contributed by atoms with Crippen LogP contribution in [0.2, 0.25) is 0 Å². The van der Waals surface area contributed by atoms with Crippen molar-refractivity contribution in [3.05, 3.63) is 59.7 Å².